The lowest BCUT2D eigenvalue weighted by Crippen LogP contribution is -1.94. The minimum Gasteiger partial charge on any atom is -0.308 e. The van der Waals surface area contributed by atoms with E-state index < -0.39 is 0 Å². The summed E-state index contributed by atoms with van der Waals surface area (Å²) in [5.74, 6) is 0. The maximum Gasteiger partial charge on any atom is 0.0726 e. The average Bonchev–Trinajstić information content (AvgIpc) is 3.72. The number of nitrogens with zero attached hydrogens (tertiary/aromatic N) is 2. The van der Waals surface area contributed by atoms with Crippen molar-refractivity contribution in [1.82, 2.24) is 9.55 Å². The molecule has 10 rings (SSSR count). The van der Waals surface area contributed by atoms with Crippen LogP contribution in [0.15, 0.2) is 170 Å². The molecule has 7 aromatic carbocycles. The Bertz CT molecular complexity index is 2750. The van der Waals surface area contributed by atoms with Gasteiger partial charge in [-0.25, -0.2) is 4.98 Å². The molecule has 0 aliphatic rings. The summed E-state index contributed by atoms with van der Waals surface area (Å²) in [5.41, 5.74) is 10.1. The molecule has 0 spiro atoms. The lowest BCUT2D eigenvalue weighted by atomic mass is 9.96. The van der Waals surface area contributed by atoms with Crippen LogP contribution in [0.25, 0.3) is 92.1 Å². The lowest BCUT2D eigenvalue weighted by molar-refractivity contribution is 1.19. The fraction of sp³-hybridized carbons (Fsp3) is 0. The largest absolute Gasteiger partial charge is 0.308 e. The molecule has 48 heavy (non-hydrogen) atoms. The normalized spacial score (nSPS) is 11.8. The summed E-state index contributed by atoms with van der Waals surface area (Å²) in [6.45, 7) is 0. The predicted molar refractivity (Wildman–Crippen MR) is 205 cm³/mol. The number of para-hydroxylation sites is 1. The van der Waals surface area contributed by atoms with E-state index in [4.69, 9.17) is 4.98 Å². The van der Waals surface area contributed by atoms with E-state index in [1.165, 1.54) is 64.0 Å². The molecule has 0 saturated heterocycles. The molecular weight excluding hydrogens is 601 g/mol. The Kier molecular flexibility index (Phi) is 6.08. The Morgan fingerprint density at radius 3 is 1.65 bits per heavy atom. The number of aromatic nitrogens is 2. The van der Waals surface area contributed by atoms with Crippen LogP contribution >= 0.6 is 11.3 Å². The van der Waals surface area contributed by atoms with Crippen molar-refractivity contribution in [3.05, 3.63) is 170 Å². The van der Waals surface area contributed by atoms with Crippen molar-refractivity contribution in [3.8, 4) is 39.3 Å². The molecule has 0 N–H and O–H groups in total. The van der Waals surface area contributed by atoms with Crippen molar-refractivity contribution in [2.75, 3.05) is 0 Å². The van der Waals surface area contributed by atoms with Crippen molar-refractivity contribution in [3.63, 3.8) is 0 Å². The van der Waals surface area contributed by atoms with E-state index in [2.05, 4.69) is 174 Å². The molecule has 0 aliphatic heterocycles. The second kappa shape index (κ2) is 10.8. The van der Waals surface area contributed by atoms with Crippen LogP contribution in [0.3, 0.4) is 0 Å². The highest BCUT2D eigenvalue weighted by molar-refractivity contribution is 7.27. The standard InChI is InChI=1S/C45H28N2S/c1-4-14-29(15-5-1)38-27-32(28-39(46-38)30-16-6-2-7-17-30)31-24-25-40-37(26-31)42-34-20-10-11-21-35(34)43-36-22-12-13-23-41(36)48-45(43)44(42)47(40)33-18-8-3-9-19-33/h1-28H. The third-order valence-electron chi connectivity index (χ3n) is 9.56. The summed E-state index contributed by atoms with van der Waals surface area (Å²) in [6, 6.07) is 61.1. The van der Waals surface area contributed by atoms with Crippen LogP contribution < -0.4 is 0 Å². The maximum atomic E-state index is 5.15. The molecule has 0 unspecified atom stereocenters. The summed E-state index contributed by atoms with van der Waals surface area (Å²) >= 11 is 1.90. The van der Waals surface area contributed by atoms with Gasteiger partial charge in [-0.1, -0.05) is 127 Å². The highest BCUT2D eigenvalue weighted by atomic mass is 32.1. The molecule has 2 nitrogen and oxygen atoms in total. The van der Waals surface area contributed by atoms with Crippen LogP contribution in [0.5, 0.6) is 0 Å². The Morgan fingerprint density at radius 1 is 0.417 bits per heavy atom. The Morgan fingerprint density at radius 2 is 0.979 bits per heavy atom. The minimum absolute atomic E-state index is 0.969. The van der Waals surface area contributed by atoms with E-state index in [1.807, 2.05) is 11.3 Å². The molecule has 0 bridgehead atoms. The van der Waals surface area contributed by atoms with Gasteiger partial charge in [0.1, 0.15) is 0 Å². The second-order valence-electron chi connectivity index (χ2n) is 12.3. The molecule has 10 aromatic rings. The van der Waals surface area contributed by atoms with Gasteiger partial charge >= 0.3 is 0 Å². The molecule has 3 heterocycles. The van der Waals surface area contributed by atoms with Gasteiger partial charge in [0.05, 0.1) is 27.1 Å². The van der Waals surface area contributed by atoms with Crippen LogP contribution in [0.4, 0.5) is 0 Å². The summed E-state index contributed by atoms with van der Waals surface area (Å²) in [7, 11) is 0. The van der Waals surface area contributed by atoms with Crippen molar-refractivity contribution in [2.45, 2.75) is 0 Å². The molecular formula is C45H28N2S. The molecule has 3 heteroatoms. The first-order valence-electron chi connectivity index (χ1n) is 16.3. The van der Waals surface area contributed by atoms with Crippen LogP contribution in [-0.2, 0) is 0 Å². The smallest absolute Gasteiger partial charge is 0.0726 e. The first-order valence-corrected chi connectivity index (χ1v) is 17.1. The SMILES string of the molecule is c1ccc(-c2cc(-c3ccc4c(c3)c3c5ccccc5c5c6ccccc6sc5c3n4-c3ccccc3)cc(-c3ccccc3)n2)cc1. The van der Waals surface area contributed by atoms with E-state index in [1.54, 1.807) is 0 Å². The highest BCUT2D eigenvalue weighted by Gasteiger charge is 2.22. The van der Waals surface area contributed by atoms with Gasteiger partial charge in [-0.2, -0.15) is 0 Å². The first-order chi connectivity index (χ1) is 23.8. The van der Waals surface area contributed by atoms with E-state index in [0.29, 0.717) is 0 Å². The van der Waals surface area contributed by atoms with Gasteiger partial charge in [0.15, 0.2) is 0 Å². The molecule has 224 valence electrons. The minimum atomic E-state index is 0.969. The zero-order chi connectivity index (χ0) is 31.6. The monoisotopic (exact) mass is 628 g/mol. The number of hydrogen-bond acceptors (Lipinski definition) is 2. The lowest BCUT2D eigenvalue weighted by Gasteiger charge is -2.11. The summed E-state index contributed by atoms with van der Waals surface area (Å²) in [5, 5.41) is 7.79. The third kappa shape index (κ3) is 4.15. The fourth-order valence-corrected chi connectivity index (χ4v) is 8.67. The number of pyridine rings is 1. The van der Waals surface area contributed by atoms with Crippen molar-refractivity contribution >= 4 is 64.1 Å². The molecule has 3 aromatic heterocycles. The zero-order valence-corrected chi connectivity index (χ0v) is 26.8. The number of hydrogen-bond donors (Lipinski definition) is 0. The van der Waals surface area contributed by atoms with Gasteiger partial charge in [0.25, 0.3) is 0 Å². The van der Waals surface area contributed by atoms with E-state index >= 15 is 0 Å². The summed E-state index contributed by atoms with van der Waals surface area (Å²) < 4.78 is 5.12. The van der Waals surface area contributed by atoms with Crippen LogP contribution in [0.2, 0.25) is 0 Å². The maximum absolute atomic E-state index is 5.15. The van der Waals surface area contributed by atoms with Gasteiger partial charge in [-0.3, -0.25) is 0 Å². The summed E-state index contributed by atoms with van der Waals surface area (Å²) in [6.07, 6.45) is 0. The Hall–Kier alpha value is -6.03. The van der Waals surface area contributed by atoms with E-state index in [0.717, 1.165) is 28.1 Å². The van der Waals surface area contributed by atoms with Gasteiger partial charge < -0.3 is 4.57 Å². The van der Waals surface area contributed by atoms with Gasteiger partial charge in [-0.15, -0.1) is 11.3 Å². The number of benzene rings is 7. The molecule has 0 fully saturated rings. The Labute approximate surface area is 281 Å². The number of fused-ring (bicyclic) bond motifs is 10. The first kappa shape index (κ1) is 27.1. The molecule has 0 aliphatic carbocycles. The van der Waals surface area contributed by atoms with E-state index in [9.17, 15) is 0 Å². The predicted octanol–water partition coefficient (Wildman–Crippen LogP) is 12.7. The fourth-order valence-electron chi connectivity index (χ4n) is 7.41. The number of thiophene rings is 1. The van der Waals surface area contributed by atoms with Crippen molar-refractivity contribution in [1.29, 1.82) is 0 Å². The number of rotatable bonds is 4. The van der Waals surface area contributed by atoms with Crippen molar-refractivity contribution < 1.29 is 0 Å². The zero-order valence-electron chi connectivity index (χ0n) is 26.0. The molecule has 0 atom stereocenters. The van der Waals surface area contributed by atoms with Crippen LogP contribution in [-0.4, -0.2) is 9.55 Å². The highest BCUT2D eigenvalue weighted by Crippen LogP contribution is 2.48. The average molecular weight is 629 g/mol. The van der Waals surface area contributed by atoms with Gasteiger partial charge in [0.2, 0.25) is 0 Å². The second-order valence-corrected chi connectivity index (χ2v) is 13.4. The molecule has 0 saturated carbocycles. The Balaban J connectivity index is 1.33. The van der Waals surface area contributed by atoms with Crippen molar-refractivity contribution in [2.24, 2.45) is 0 Å². The molecule has 0 radical (unpaired) electrons. The third-order valence-corrected chi connectivity index (χ3v) is 10.7. The molecule has 0 amide bonds. The van der Waals surface area contributed by atoms with Crippen LogP contribution in [0, 0.1) is 0 Å². The summed E-state index contributed by atoms with van der Waals surface area (Å²) in [4.78, 5) is 5.15. The quantitative estimate of drug-likeness (QED) is 0.190. The van der Waals surface area contributed by atoms with E-state index in [-0.39, 0.29) is 0 Å². The van der Waals surface area contributed by atoms with Crippen LogP contribution in [0.1, 0.15) is 0 Å². The van der Waals surface area contributed by atoms with Gasteiger partial charge in [0, 0.05) is 43.1 Å². The topological polar surface area (TPSA) is 17.8 Å². The van der Waals surface area contributed by atoms with Gasteiger partial charge in [-0.05, 0) is 64.4 Å².